The molecule has 1 aromatic carbocycles. The summed E-state index contributed by atoms with van der Waals surface area (Å²) in [7, 11) is 0. The van der Waals surface area contributed by atoms with Gasteiger partial charge in [-0.1, -0.05) is 6.92 Å². The van der Waals surface area contributed by atoms with Gasteiger partial charge in [-0.2, -0.15) is 5.10 Å². The molecule has 7 heteroatoms. The lowest BCUT2D eigenvalue weighted by Crippen LogP contribution is -2.32. The van der Waals surface area contributed by atoms with Crippen LogP contribution in [0.15, 0.2) is 30.2 Å². The molecule has 1 fully saturated rings. The van der Waals surface area contributed by atoms with Gasteiger partial charge in [0.15, 0.2) is 5.78 Å². The number of aryl methyl sites for hydroxylation is 1. The van der Waals surface area contributed by atoms with Crippen molar-refractivity contribution >= 4 is 29.0 Å². The van der Waals surface area contributed by atoms with Crippen LogP contribution in [0.4, 0.5) is 0 Å². The molecule has 2 aliphatic heterocycles. The summed E-state index contributed by atoms with van der Waals surface area (Å²) in [5.41, 5.74) is 5.31. The first kappa shape index (κ1) is 18.7. The summed E-state index contributed by atoms with van der Waals surface area (Å²) in [6.45, 7) is 6.97. The smallest absolute Gasteiger partial charge is 0.180 e. The Morgan fingerprint density at radius 3 is 2.67 bits per heavy atom. The van der Waals surface area contributed by atoms with Crippen LogP contribution in [0.25, 0.3) is 28.1 Å². The molecule has 7 nitrogen and oxygen atoms in total. The molecule has 152 valence electrons. The number of likely N-dealkylation sites (tertiary alicyclic amines) is 1. The second-order valence-electron chi connectivity index (χ2n) is 8.38. The van der Waals surface area contributed by atoms with Gasteiger partial charge in [0.25, 0.3) is 0 Å². The topological polar surface area (TPSA) is 81.0 Å². The number of nitrogens with zero attached hydrogens (tertiary/aromatic N) is 5. The molecular weight excluding hydrogens is 378 g/mol. The quantitative estimate of drug-likeness (QED) is 0.493. The molecule has 4 heterocycles. The van der Waals surface area contributed by atoms with Crippen LogP contribution in [0, 0.1) is 12.8 Å². The predicted octanol–water partition coefficient (Wildman–Crippen LogP) is 3.27. The molecule has 2 aromatic heterocycles. The third-order valence-corrected chi connectivity index (χ3v) is 6.03. The van der Waals surface area contributed by atoms with E-state index in [0.29, 0.717) is 24.0 Å². The average molecular weight is 401 g/mol. The maximum Gasteiger partial charge on any atom is 0.180 e. The van der Waals surface area contributed by atoms with Crippen LogP contribution in [0.3, 0.4) is 0 Å². The molecule has 0 radical (unpaired) electrons. The van der Waals surface area contributed by atoms with Crippen LogP contribution in [0.2, 0.25) is 0 Å². The number of hydrogen-bond donors (Lipinski definition) is 0. The Morgan fingerprint density at radius 2 is 1.97 bits per heavy atom. The van der Waals surface area contributed by atoms with Gasteiger partial charge in [0.1, 0.15) is 17.8 Å². The third kappa shape index (κ3) is 2.93. The van der Waals surface area contributed by atoms with E-state index in [1.807, 2.05) is 17.7 Å². The van der Waals surface area contributed by atoms with Gasteiger partial charge in [-0.25, -0.2) is 9.97 Å². The van der Waals surface area contributed by atoms with Crippen molar-refractivity contribution in [1.29, 1.82) is 0 Å². The number of carbonyl (C=O) groups is 2. The third-order valence-electron chi connectivity index (χ3n) is 6.03. The number of aldehydes is 1. The van der Waals surface area contributed by atoms with Crippen molar-refractivity contribution in [2.45, 2.75) is 39.8 Å². The number of ketones is 1. The number of benzene rings is 1. The van der Waals surface area contributed by atoms with Crippen molar-refractivity contribution < 1.29 is 9.59 Å². The first-order chi connectivity index (χ1) is 14.4. The van der Waals surface area contributed by atoms with E-state index < -0.39 is 0 Å². The number of rotatable bonds is 4. The van der Waals surface area contributed by atoms with Crippen molar-refractivity contribution in [3.05, 3.63) is 47.3 Å². The van der Waals surface area contributed by atoms with Crippen molar-refractivity contribution in [3.8, 4) is 11.1 Å². The maximum atomic E-state index is 12.3. The largest absolute Gasteiger partial charge is 0.363 e. The number of hydrogen-bond acceptors (Lipinski definition) is 6. The van der Waals surface area contributed by atoms with E-state index in [9.17, 15) is 9.59 Å². The molecule has 0 saturated carbocycles. The van der Waals surface area contributed by atoms with Crippen LogP contribution in [0.5, 0.6) is 0 Å². The van der Waals surface area contributed by atoms with Crippen molar-refractivity contribution in [2.24, 2.45) is 5.92 Å². The molecule has 2 atom stereocenters. The lowest BCUT2D eigenvalue weighted by molar-refractivity contribution is -0.111. The second kappa shape index (κ2) is 6.86. The minimum Gasteiger partial charge on any atom is -0.363 e. The van der Waals surface area contributed by atoms with Crippen LogP contribution in [0.1, 0.15) is 42.1 Å². The van der Waals surface area contributed by atoms with E-state index >= 15 is 0 Å². The molecule has 5 rings (SSSR count). The molecule has 0 aliphatic carbocycles. The Morgan fingerprint density at radius 1 is 1.20 bits per heavy atom. The Hall–Kier alpha value is -3.35. The zero-order chi connectivity index (χ0) is 21.0. The predicted molar refractivity (Wildman–Crippen MR) is 114 cm³/mol. The van der Waals surface area contributed by atoms with Gasteiger partial charge in [-0.05, 0) is 43.0 Å². The Balaban J connectivity index is 1.69. The van der Waals surface area contributed by atoms with E-state index in [4.69, 9.17) is 0 Å². The standard InChI is InChI=1S/C23H23N5O2/c1-13-4-20(12-29)27(10-13)19-6-17-5-16(18-8-24-15(3)25-9-18)7-21-22(14(2)30)26-28(11-19)23(17)21/h5-9,12-13,20H,4,10-11H2,1-3H3. The van der Waals surface area contributed by atoms with Crippen LogP contribution < -0.4 is 0 Å². The normalized spacial score (nSPS) is 20.5. The van der Waals surface area contributed by atoms with Gasteiger partial charge in [0, 0.05) is 48.1 Å². The molecule has 2 aliphatic rings. The van der Waals surface area contributed by atoms with Gasteiger partial charge in [0.2, 0.25) is 0 Å². The van der Waals surface area contributed by atoms with Crippen molar-refractivity contribution in [2.75, 3.05) is 6.54 Å². The van der Waals surface area contributed by atoms with Crippen LogP contribution >= 0.6 is 0 Å². The lowest BCUT2D eigenvalue weighted by atomic mass is 9.98. The van der Waals surface area contributed by atoms with E-state index in [2.05, 4.69) is 39.0 Å². The van der Waals surface area contributed by atoms with E-state index in [0.717, 1.165) is 52.5 Å². The molecule has 30 heavy (non-hydrogen) atoms. The summed E-state index contributed by atoms with van der Waals surface area (Å²) >= 11 is 0. The van der Waals surface area contributed by atoms with Crippen molar-refractivity contribution in [1.82, 2.24) is 24.6 Å². The monoisotopic (exact) mass is 401 g/mol. The molecule has 0 N–H and O–H groups in total. The van der Waals surface area contributed by atoms with Crippen LogP contribution in [-0.2, 0) is 11.3 Å². The molecule has 0 bridgehead atoms. The average Bonchev–Trinajstić information content (AvgIpc) is 3.29. The summed E-state index contributed by atoms with van der Waals surface area (Å²) < 4.78 is 1.90. The molecule has 3 aromatic rings. The maximum absolute atomic E-state index is 12.3. The fourth-order valence-electron chi connectivity index (χ4n) is 4.64. The summed E-state index contributed by atoms with van der Waals surface area (Å²) in [4.78, 5) is 34.8. The SMILES string of the molecule is CC(=O)c1nn2c3c(cc(-c4cnc(C)nc4)cc13)C=C(N1CC(C)CC1C=O)C2. The first-order valence-electron chi connectivity index (χ1n) is 10.2. The highest BCUT2D eigenvalue weighted by Gasteiger charge is 2.33. The minimum absolute atomic E-state index is 0.0639. The molecular formula is C23H23N5O2. The summed E-state index contributed by atoms with van der Waals surface area (Å²) in [5, 5.41) is 5.48. The first-order valence-corrected chi connectivity index (χ1v) is 10.2. The molecule has 2 unspecified atom stereocenters. The highest BCUT2D eigenvalue weighted by atomic mass is 16.1. The zero-order valence-electron chi connectivity index (χ0n) is 17.3. The van der Waals surface area contributed by atoms with E-state index in [1.54, 1.807) is 19.3 Å². The lowest BCUT2D eigenvalue weighted by Gasteiger charge is -2.28. The Kier molecular flexibility index (Phi) is 4.27. The number of carbonyl (C=O) groups excluding carboxylic acids is 2. The van der Waals surface area contributed by atoms with E-state index in [-0.39, 0.29) is 11.8 Å². The van der Waals surface area contributed by atoms with Crippen LogP contribution in [-0.4, -0.2) is 49.3 Å². The number of Topliss-reactive ketones (excluding diaryl/α,β-unsaturated/α-hetero) is 1. The zero-order valence-corrected chi connectivity index (χ0v) is 17.3. The number of aromatic nitrogens is 4. The Labute approximate surface area is 174 Å². The van der Waals surface area contributed by atoms with Gasteiger partial charge in [0.05, 0.1) is 18.1 Å². The van der Waals surface area contributed by atoms with E-state index in [1.165, 1.54) is 0 Å². The second-order valence-corrected chi connectivity index (χ2v) is 8.38. The molecule has 1 saturated heterocycles. The van der Waals surface area contributed by atoms with Gasteiger partial charge < -0.3 is 9.69 Å². The van der Waals surface area contributed by atoms with Crippen molar-refractivity contribution in [3.63, 3.8) is 0 Å². The fourth-order valence-corrected chi connectivity index (χ4v) is 4.64. The summed E-state index contributed by atoms with van der Waals surface area (Å²) in [5.74, 6) is 1.11. The summed E-state index contributed by atoms with van der Waals surface area (Å²) in [6.07, 6.45) is 7.64. The highest BCUT2D eigenvalue weighted by molar-refractivity contribution is 6.08. The number of allylic oxidation sites excluding steroid dienone is 1. The highest BCUT2D eigenvalue weighted by Crippen LogP contribution is 2.36. The fraction of sp³-hybridized carbons (Fsp3) is 0.348. The minimum atomic E-state index is -0.111. The molecule has 0 amide bonds. The Bertz CT molecular complexity index is 1210. The van der Waals surface area contributed by atoms with Gasteiger partial charge >= 0.3 is 0 Å². The van der Waals surface area contributed by atoms with Gasteiger partial charge in [-0.15, -0.1) is 0 Å². The summed E-state index contributed by atoms with van der Waals surface area (Å²) in [6, 6.07) is 3.98. The molecule has 0 spiro atoms. The van der Waals surface area contributed by atoms with Gasteiger partial charge in [-0.3, -0.25) is 9.48 Å².